The number of benzene rings is 2. The molecule has 1 aliphatic carbocycles. The number of aryl methyl sites for hydroxylation is 1. The Labute approximate surface area is 204 Å². The summed E-state index contributed by atoms with van der Waals surface area (Å²) in [6, 6.07) is 16.9. The van der Waals surface area contributed by atoms with Gasteiger partial charge in [0.25, 0.3) is 11.5 Å². The number of thiophene rings is 1. The van der Waals surface area contributed by atoms with Gasteiger partial charge in [0, 0.05) is 4.88 Å². The first-order valence-corrected chi connectivity index (χ1v) is 12.7. The number of rotatable bonds is 7. The third-order valence-corrected chi connectivity index (χ3v) is 7.95. The van der Waals surface area contributed by atoms with Gasteiger partial charge >= 0.3 is 0 Å². The maximum absolute atomic E-state index is 13.2. The standard InChI is InChI=1S/C25H22N4O3S2/c26-22(31)21-17-10-6-12-19(17)34-23(21)28-20(30)14-33-25-27-18-11-5-4-9-16(18)24(32)29(25)13-15-7-2-1-3-8-15/h1-5,7-9,11H,6,10,12-14H2,(H2,26,31)(H,28,30). The highest BCUT2D eigenvalue weighted by Gasteiger charge is 2.26. The molecule has 0 fully saturated rings. The third kappa shape index (κ3) is 4.36. The number of fused-ring (bicyclic) bond motifs is 2. The molecule has 5 rings (SSSR count). The summed E-state index contributed by atoms with van der Waals surface area (Å²) < 4.78 is 1.60. The number of carbonyl (C=O) groups excluding carboxylic acids is 2. The number of aromatic nitrogens is 2. The van der Waals surface area contributed by atoms with Gasteiger partial charge in [-0.05, 0) is 42.5 Å². The Morgan fingerprint density at radius 1 is 1.09 bits per heavy atom. The van der Waals surface area contributed by atoms with Crippen molar-refractivity contribution in [1.82, 2.24) is 9.55 Å². The van der Waals surface area contributed by atoms with Gasteiger partial charge in [0.1, 0.15) is 5.00 Å². The van der Waals surface area contributed by atoms with Crippen LogP contribution in [-0.2, 0) is 24.2 Å². The van der Waals surface area contributed by atoms with Crippen LogP contribution in [0.25, 0.3) is 10.9 Å². The lowest BCUT2D eigenvalue weighted by atomic mass is 10.1. The molecule has 0 unspecified atom stereocenters. The number of nitrogens with zero attached hydrogens (tertiary/aromatic N) is 2. The van der Waals surface area contributed by atoms with Crippen molar-refractivity contribution in [3.63, 3.8) is 0 Å². The molecule has 9 heteroatoms. The molecule has 3 N–H and O–H groups in total. The number of para-hydroxylation sites is 1. The van der Waals surface area contributed by atoms with Crippen molar-refractivity contribution in [2.75, 3.05) is 11.1 Å². The number of thioether (sulfide) groups is 1. The number of anilines is 1. The van der Waals surface area contributed by atoms with Crippen LogP contribution in [-0.4, -0.2) is 27.1 Å². The van der Waals surface area contributed by atoms with Gasteiger partial charge in [0.2, 0.25) is 5.91 Å². The van der Waals surface area contributed by atoms with E-state index in [0.29, 0.717) is 33.2 Å². The van der Waals surface area contributed by atoms with E-state index in [4.69, 9.17) is 5.73 Å². The number of hydrogen-bond donors (Lipinski definition) is 2. The van der Waals surface area contributed by atoms with E-state index in [1.165, 1.54) is 23.1 Å². The van der Waals surface area contributed by atoms with Crippen molar-refractivity contribution >= 4 is 50.8 Å². The van der Waals surface area contributed by atoms with Gasteiger partial charge in [-0.2, -0.15) is 0 Å². The van der Waals surface area contributed by atoms with E-state index in [0.717, 1.165) is 35.3 Å². The zero-order chi connectivity index (χ0) is 23.7. The normalized spacial score (nSPS) is 12.6. The van der Waals surface area contributed by atoms with Crippen LogP contribution in [0.15, 0.2) is 64.5 Å². The zero-order valence-corrected chi connectivity index (χ0v) is 19.9. The van der Waals surface area contributed by atoms with Crippen LogP contribution in [0.3, 0.4) is 0 Å². The molecule has 2 amide bonds. The van der Waals surface area contributed by atoms with Gasteiger partial charge < -0.3 is 11.1 Å². The summed E-state index contributed by atoms with van der Waals surface area (Å²) in [6.07, 6.45) is 2.71. The minimum atomic E-state index is -0.518. The van der Waals surface area contributed by atoms with Crippen molar-refractivity contribution < 1.29 is 9.59 Å². The third-order valence-electron chi connectivity index (χ3n) is 5.76. The van der Waals surface area contributed by atoms with Crippen molar-refractivity contribution in [3.8, 4) is 0 Å². The molecule has 0 bridgehead atoms. The van der Waals surface area contributed by atoms with Gasteiger partial charge in [-0.1, -0.05) is 54.2 Å². The molecule has 0 atom stereocenters. The van der Waals surface area contributed by atoms with Crippen LogP contribution in [0.1, 0.15) is 32.8 Å². The minimum Gasteiger partial charge on any atom is -0.365 e. The van der Waals surface area contributed by atoms with Crippen molar-refractivity contribution in [1.29, 1.82) is 0 Å². The number of primary amides is 1. The first-order valence-electron chi connectivity index (χ1n) is 10.9. The van der Waals surface area contributed by atoms with Crippen LogP contribution in [0.5, 0.6) is 0 Å². The lowest BCUT2D eigenvalue weighted by Gasteiger charge is -2.13. The summed E-state index contributed by atoms with van der Waals surface area (Å²) in [4.78, 5) is 43.9. The van der Waals surface area contributed by atoms with Crippen molar-refractivity contribution in [2.24, 2.45) is 5.73 Å². The Balaban J connectivity index is 1.40. The van der Waals surface area contributed by atoms with E-state index in [1.807, 2.05) is 42.5 Å². The van der Waals surface area contributed by atoms with E-state index < -0.39 is 5.91 Å². The second kappa shape index (κ2) is 9.44. The van der Waals surface area contributed by atoms with Gasteiger partial charge in [-0.3, -0.25) is 19.0 Å². The summed E-state index contributed by atoms with van der Waals surface area (Å²) >= 11 is 2.62. The summed E-state index contributed by atoms with van der Waals surface area (Å²) in [7, 11) is 0. The topological polar surface area (TPSA) is 107 Å². The molecule has 0 radical (unpaired) electrons. The van der Waals surface area contributed by atoms with Crippen LogP contribution in [0.2, 0.25) is 0 Å². The van der Waals surface area contributed by atoms with E-state index in [1.54, 1.807) is 16.7 Å². The zero-order valence-electron chi connectivity index (χ0n) is 18.2. The lowest BCUT2D eigenvalue weighted by molar-refractivity contribution is -0.113. The minimum absolute atomic E-state index is 0.0420. The van der Waals surface area contributed by atoms with E-state index in [-0.39, 0.29) is 17.2 Å². The maximum Gasteiger partial charge on any atom is 0.262 e. The predicted molar refractivity (Wildman–Crippen MR) is 136 cm³/mol. The Kier molecular flexibility index (Phi) is 6.21. The Hall–Kier alpha value is -3.43. The van der Waals surface area contributed by atoms with E-state index in [9.17, 15) is 14.4 Å². The number of nitrogens with one attached hydrogen (secondary N) is 1. The maximum atomic E-state index is 13.2. The molecule has 7 nitrogen and oxygen atoms in total. The van der Waals surface area contributed by atoms with Gasteiger partial charge in [0.05, 0.1) is 28.8 Å². The molecule has 0 saturated heterocycles. The number of nitrogens with two attached hydrogens (primary N) is 1. The van der Waals surface area contributed by atoms with Crippen LogP contribution < -0.4 is 16.6 Å². The van der Waals surface area contributed by atoms with Gasteiger partial charge in [0.15, 0.2) is 5.16 Å². The predicted octanol–water partition coefficient (Wildman–Crippen LogP) is 3.82. The Morgan fingerprint density at radius 3 is 2.65 bits per heavy atom. The molecule has 4 aromatic rings. The highest BCUT2D eigenvalue weighted by molar-refractivity contribution is 7.99. The summed E-state index contributed by atoms with van der Waals surface area (Å²) in [5.41, 5.74) is 8.40. The molecule has 2 heterocycles. The average molecular weight is 491 g/mol. The monoisotopic (exact) mass is 490 g/mol. The van der Waals surface area contributed by atoms with E-state index in [2.05, 4.69) is 10.3 Å². The second-order valence-corrected chi connectivity index (χ2v) is 10.1. The smallest absolute Gasteiger partial charge is 0.262 e. The molecule has 0 aliphatic heterocycles. The van der Waals surface area contributed by atoms with Crippen LogP contribution in [0, 0.1) is 0 Å². The SMILES string of the molecule is NC(=O)c1c(NC(=O)CSc2nc3ccccc3c(=O)n2Cc2ccccc2)sc2c1CCC2. The number of hydrogen-bond acceptors (Lipinski definition) is 6. The van der Waals surface area contributed by atoms with Crippen molar-refractivity contribution in [3.05, 3.63) is 86.5 Å². The first kappa shape index (κ1) is 22.4. The van der Waals surface area contributed by atoms with E-state index >= 15 is 0 Å². The summed E-state index contributed by atoms with van der Waals surface area (Å²) in [6.45, 7) is 0.352. The molecule has 1 aliphatic rings. The fourth-order valence-corrected chi connectivity index (χ4v) is 6.32. The highest BCUT2D eigenvalue weighted by atomic mass is 32.2. The quantitative estimate of drug-likeness (QED) is 0.303. The molecular weight excluding hydrogens is 468 g/mol. The molecular formula is C25H22N4O3S2. The fourth-order valence-electron chi connectivity index (χ4n) is 4.21. The number of amides is 2. The Morgan fingerprint density at radius 2 is 1.85 bits per heavy atom. The first-order chi connectivity index (χ1) is 16.5. The Bertz CT molecular complexity index is 1460. The molecule has 0 spiro atoms. The van der Waals surface area contributed by atoms with Crippen LogP contribution >= 0.6 is 23.1 Å². The van der Waals surface area contributed by atoms with Gasteiger partial charge in [-0.15, -0.1) is 11.3 Å². The van der Waals surface area contributed by atoms with Gasteiger partial charge in [-0.25, -0.2) is 4.98 Å². The number of carbonyl (C=O) groups is 2. The van der Waals surface area contributed by atoms with Crippen molar-refractivity contribution in [2.45, 2.75) is 31.0 Å². The lowest BCUT2D eigenvalue weighted by Crippen LogP contribution is -2.25. The molecule has 34 heavy (non-hydrogen) atoms. The molecule has 172 valence electrons. The second-order valence-electron chi connectivity index (χ2n) is 8.05. The van der Waals surface area contributed by atoms with Crippen LogP contribution in [0.4, 0.5) is 5.00 Å². The largest absolute Gasteiger partial charge is 0.365 e. The summed E-state index contributed by atoms with van der Waals surface area (Å²) in [5.74, 6) is -0.753. The molecule has 2 aromatic heterocycles. The average Bonchev–Trinajstić information content (AvgIpc) is 3.41. The fraction of sp³-hybridized carbons (Fsp3) is 0.200. The summed E-state index contributed by atoms with van der Waals surface area (Å²) in [5, 5.41) is 4.36. The molecule has 0 saturated carbocycles. The molecule has 2 aromatic carbocycles. The highest BCUT2D eigenvalue weighted by Crippen LogP contribution is 2.39.